The lowest BCUT2D eigenvalue weighted by atomic mass is 10.0. The van der Waals surface area contributed by atoms with Crippen molar-refractivity contribution >= 4 is 23.1 Å². The third-order valence-electron chi connectivity index (χ3n) is 4.44. The molecule has 0 saturated carbocycles. The van der Waals surface area contributed by atoms with Crippen molar-refractivity contribution in [2.75, 3.05) is 11.9 Å². The van der Waals surface area contributed by atoms with E-state index in [1.807, 2.05) is 0 Å². The molecule has 0 aliphatic heterocycles. The Labute approximate surface area is 163 Å². The Kier molecular flexibility index (Phi) is 6.79. The highest BCUT2D eigenvalue weighted by Crippen LogP contribution is 2.23. The van der Waals surface area contributed by atoms with E-state index < -0.39 is 0 Å². The Morgan fingerprint density at radius 2 is 2.11 bits per heavy atom. The van der Waals surface area contributed by atoms with Gasteiger partial charge in [0.15, 0.2) is 12.4 Å². The third-order valence-corrected chi connectivity index (χ3v) is 5.40. The third kappa shape index (κ3) is 5.52. The van der Waals surface area contributed by atoms with Crippen LogP contribution in [0.3, 0.4) is 0 Å². The monoisotopic (exact) mass is 384 g/mol. The molecule has 0 bridgehead atoms. The number of aromatic nitrogens is 1. The summed E-state index contributed by atoms with van der Waals surface area (Å²) in [6.45, 7) is 4.32. The second kappa shape index (κ2) is 9.48. The Hall–Kier alpha value is -2.44. The molecule has 0 spiro atoms. The predicted octanol–water partition coefficient (Wildman–Crippen LogP) is 3.68. The summed E-state index contributed by atoms with van der Waals surface area (Å²) in [5.74, 6) is 1.04. The Balaban J connectivity index is 1.66. The minimum Gasteiger partial charge on any atom is -0.360 e. The quantitative estimate of drug-likeness (QED) is 0.591. The zero-order chi connectivity index (χ0) is 19.1. The fraction of sp³-hybridized carbons (Fsp3) is 0.333. The van der Waals surface area contributed by atoms with E-state index in [1.165, 1.54) is 28.8 Å². The van der Waals surface area contributed by atoms with Crippen LogP contribution in [0.4, 0.5) is 5.82 Å². The van der Waals surface area contributed by atoms with E-state index in [0.29, 0.717) is 18.1 Å². The van der Waals surface area contributed by atoms with Gasteiger partial charge >= 0.3 is 0 Å². The number of hydrogen-bond acceptors (Lipinski definition) is 4. The number of aryl methyl sites for hydroxylation is 2. The van der Waals surface area contributed by atoms with Gasteiger partial charge in [-0.15, -0.1) is 11.3 Å². The largest absolute Gasteiger partial charge is 0.360 e. The van der Waals surface area contributed by atoms with E-state index >= 15 is 0 Å². The number of nitrogens with two attached hydrogens (primary N) is 1. The first kappa shape index (κ1) is 19.3. The van der Waals surface area contributed by atoms with Crippen molar-refractivity contribution in [2.24, 2.45) is 0 Å². The maximum atomic E-state index is 12.3. The van der Waals surface area contributed by atoms with E-state index in [-0.39, 0.29) is 11.9 Å². The first-order chi connectivity index (χ1) is 13.2. The molecule has 0 radical (unpaired) electrons. The zero-order valence-corrected chi connectivity index (χ0v) is 16.6. The average Bonchev–Trinajstić information content (AvgIpc) is 3.33. The highest BCUT2D eigenvalue weighted by molar-refractivity contribution is 7.10. The van der Waals surface area contributed by atoms with Crippen LogP contribution in [0, 0.1) is 6.92 Å². The number of unbranched alkanes of at least 4 members (excludes halogenated alkanes) is 1. The molecule has 0 unspecified atom stereocenters. The molecule has 0 fully saturated rings. The van der Waals surface area contributed by atoms with E-state index in [4.69, 9.17) is 4.52 Å². The molecule has 0 aliphatic carbocycles. The summed E-state index contributed by atoms with van der Waals surface area (Å²) in [5, 5.41) is 10.7. The van der Waals surface area contributed by atoms with Gasteiger partial charge in [0.05, 0.1) is 4.88 Å². The first-order valence-corrected chi connectivity index (χ1v) is 10.2. The van der Waals surface area contributed by atoms with Crippen LogP contribution in [0.2, 0.25) is 0 Å². The Morgan fingerprint density at radius 3 is 2.74 bits per heavy atom. The minimum atomic E-state index is -0.0931. The number of hydrogen-bond donors (Lipinski definition) is 2. The number of carbonyl (C=O) groups excluding carboxylic acids is 1. The molecule has 1 amide bonds. The molecule has 0 aliphatic rings. The molecule has 3 N–H and O–H groups in total. The van der Waals surface area contributed by atoms with Gasteiger partial charge < -0.3 is 15.2 Å². The van der Waals surface area contributed by atoms with Gasteiger partial charge in [-0.25, -0.2) is 0 Å². The average molecular weight is 385 g/mol. The summed E-state index contributed by atoms with van der Waals surface area (Å²) in [6.07, 6.45) is 3.53. The van der Waals surface area contributed by atoms with Crippen LogP contribution in [-0.4, -0.2) is 17.6 Å². The lowest BCUT2D eigenvalue weighted by Gasteiger charge is -2.15. The maximum Gasteiger partial charge on any atom is 0.280 e. The van der Waals surface area contributed by atoms with Crippen LogP contribution < -0.4 is 10.6 Å². The van der Waals surface area contributed by atoms with Crippen LogP contribution in [-0.2, 0) is 11.2 Å². The molecule has 0 saturated heterocycles. The lowest BCUT2D eigenvalue weighted by molar-refractivity contribution is -0.675. The Morgan fingerprint density at radius 1 is 1.30 bits per heavy atom. The fourth-order valence-electron chi connectivity index (χ4n) is 3.00. The first-order valence-electron chi connectivity index (χ1n) is 9.34. The predicted molar refractivity (Wildman–Crippen MR) is 108 cm³/mol. The summed E-state index contributed by atoms with van der Waals surface area (Å²) < 4.78 is 4.99. The maximum absolute atomic E-state index is 12.3. The van der Waals surface area contributed by atoms with Crippen molar-refractivity contribution < 1.29 is 14.6 Å². The normalized spacial score (nSPS) is 12.1. The summed E-state index contributed by atoms with van der Waals surface area (Å²) >= 11 is 1.71. The highest BCUT2D eigenvalue weighted by atomic mass is 32.1. The van der Waals surface area contributed by atoms with Crippen molar-refractivity contribution in [1.82, 2.24) is 5.16 Å². The summed E-state index contributed by atoms with van der Waals surface area (Å²) in [7, 11) is 0. The van der Waals surface area contributed by atoms with Gasteiger partial charge in [-0.3, -0.25) is 4.79 Å². The molecule has 3 rings (SSSR count). The molecule has 5 nitrogen and oxygen atoms in total. The van der Waals surface area contributed by atoms with Crippen molar-refractivity contribution in [3.63, 3.8) is 0 Å². The SMILES string of the molecule is CCCCc1ccc([C@H]([NH2+]CC(=O)Nc2cc(C)on2)c2cccs2)cc1. The van der Waals surface area contributed by atoms with Crippen LogP contribution in [0.5, 0.6) is 0 Å². The van der Waals surface area contributed by atoms with Gasteiger partial charge in [0.2, 0.25) is 0 Å². The number of nitrogens with zero attached hydrogens (tertiary/aromatic N) is 1. The van der Waals surface area contributed by atoms with Crippen LogP contribution in [0.15, 0.2) is 52.4 Å². The summed E-state index contributed by atoms with van der Waals surface area (Å²) in [5.41, 5.74) is 2.58. The van der Waals surface area contributed by atoms with E-state index in [2.05, 4.69) is 64.5 Å². The van der Waals surface area contributed by atoms with Crippen LogP contribution >= 0.6 is 11.3 Å². The second-order valence-corrected chi connectivity index (χ2v) is 7.63. The number of anilines is 1. The molecular weight excluding hydrogens is 358 g/mol. The summed E-state index contributed by atoms with van der Waals surface area (Å²) in [6, 6.07) is 14.8. The molecule has 2 heterocycles. The van der Waals surface area contributed by atoms with E-state index in [0.717, 1.165) is 6.42 Å². The van der Waals surface area contributed by atoms with Crippen LogP contribution in [0.25, 0.3) is 0 Å². The standard InChI is InChI=1S/C21H25N3O2S/c1-3-4-6-16-8-10-17(11-9-16)21(18-7-5-12-27-18)22-14-20(25)23-19-13-15(2)26-24-19/h5,7-13,21-22H,3-4,6,14H2,1-2H3,(H,23,24,25)/p+1/t21-/m0/s1. The van der Waals surface area contributed by atoms with Crippen molar-refractivity contribution in [3.05, 3.63) is 69.6 Å². The van der Waals surface area contributed by atoms with Gasteiger partial charge in [-0.2, -0.15) is 0 Å². The van der Waals surface area contributed by atoms with Gasteiger partial charge in [-0.1, -0.05) is 48.8 Å². The van der Waals surface area contributed by atoms with E-state index in [1.54, 1.807) is 24.3 Å². The van der Waals surface area contributed by atoms with Crippen molar-refractivity contribution in [1.29, 1.82) is 0 Å². The van der Waals surface area contributed by atoms with Gasteiger partial charge in [0, 0.05) is 11.6 Å². The van der Waals surface area contributed by atoms with Gasteiger partial charge in [0.25, 0.3) is 5.91 Å². The summed E-state index contributed by atoms with van der Waals surface area (Å²) in [4.78, 5) is 13.5. The molecule has 1 aromatic carbocycles. The van der Waals surface area contributed by atoms with Crippen molar-refractivity contribution in [2.45, 2.75) is 39.2 Å². The number of quaternary nitrogens is 1. The molecule has 1 atom stereocenters. The number of nitrogens with one attached hydrogen (secondary N) is 1. The van der Waals surface area contributed by atoms with Gasteiger partial charge in [0.1, 0.15) is 11.8 Å². The number of benzene rings is 1. The van der Waals surface area contributed by atoms with Gasteiger partial charge in [-0.05, 0) is 36.8 Å². The molecule has 142 valence electrons. The Bertz CT molecular complexity index is 841. The van der Waals surface area contributed by atoms with Crippen LogP contribution in [0.1, 0.15) is 47.6 Å². The lowest BCUT2D eigenvalue weighted by Crippen LogP contribution is -2.87. The molecular formula is C21H26N3O2S+. The molecule has 2 aromatic heterocycles. The second-order valence-electron chi connectivity index (χ2n) is 6.65. The molecule has 27 heavy (non-hydrogen) atoms. The molecule has 3 aromatic rings. The number of carbonyl (C=O) groups is 1. The van der Waals surface area contributed by atoms with E-state index in [9.17, 15) is 4.79 Å². The number of amides is 1. The minimum absolute atomic E-state index is 0.0931. The number of thiophene rings is 1. The zero-order valence-electron chi connectivity index (χ0n) is 15.8. The smallest absolute Gasteiger partial charge is 0.280 e. The number of rotatable bonds is 9. The highest BCUT2D eigenvalue weighted by Gasteiger charge is 2.20. The van der Waals surface area contributed by atoms with Crippen molar-refractivity contribution in [3.8, 4) is 0 Å². The topological polar surface area (TPSA) is 71.7 Å². The molecule has 6 heteroatoms. The fourth-order valence-corrected chi connectivity index (χ4v) is 3.85.